The second-order valence-corrected chi connectivity index (χ2v) is 4.44. The molecule has 0 aromatic heterocycles. The molecule has 0 spiro atoms. The van der Waals surface area contributed by atoms with E-state index in [0.717, 1.165) is 6.07 Å². The van der Waals surface area contributed by atoms with Crippen molar-refractivity contribution in [1.29, 1.82) is 5.39 Å². The lowest BCUT2D eigenvalue weighted by atomic mass is 10.2. The van der Waals surface area contributed by atoms with E-state index >= 15 is 0 Å². The number of aryl methyl sites for hydroxylation is 1. The summed E-state index contributed by atoms with van der Waals surface area (Å²) in [4.78, 5) is 2.22. The standard InChI is InChI=1S/C7H5ClN2O3S.BrH/c1-4-2-6(10-9)7(3-5(4)8)14(11,12)13;/h2-3H,1H3;1H. The third-order valence-corrected chi connectivity index (χ3v) is 2.92. The second-order valence-electron chi connectivity index (χ2n) is 2.64. The van der Waals surface area contributed by atoms with Gasteiger partial charge in [0.05, 0.1) is 0 Å². The summed E-state index contributed by atoms with van der Waals surface area (Å²) in [5.74, 6) is 0. The van der Waals surface area contributed by atoms with Crippen LogP contribution in [0, 0.1) is 12.3 Å². The molecule has 0 atom stereocenters. The smallest absolute Gasteiger partial charge is 0.406 e. The quantitative estimate of drug-likeness (QED) is 0.553. The van der Waals surface area contributed by atoms with E-state index < -0.39 is 15.0 Å². The van der Waals surface area contributed by atoms with Crippen molar-refractivity contribution in [2.24, 2.45) is 0 Å². The number of hydrogen-bond donors (Lipinski definition) is 1. The van der Waals surface area contributed by atoms with E-state index in [1.54, 1.807) is 6.92 Å². The minimum absolute atomic E-state index is 0. The Balaban J connectivity index is 0.00000196. The van der Waals surface area contributed by atoms with Crippen molar-refractivity contribution >= 4 is 27.4 Å². The highest BCUT2D eigenvalue weighted by Gasteiger charge is 2.25. The van der Waals surface area contributed by atoms with Crippen LogP contribution in [0.1, 0.15) is 5.56 Å². The average Bonchev–Trinajstić information content (AvgIpc) is 2.07. The zero-order valence-corrected chi connectivity index (χ0v) is 10.6. The van der Waals surface area contributed by atoms with Crippen molar-refractivity contribution in [2.45, 2.75) is 11.8 Å². The Morgan fingerprint density at radius 2 is 2.00 bits per heavy atom. The Morgan fingerprint density at radius 3 is 2.40 bits per heavy atom. The summed E-state index contributed by atoms with van der Waals surface area (Å²) in [7, 11) is -4.42. The lowest BCUT2D eigenvalue weighted by Gasteiger charge is -1.97. The first-order valence-electron chi connectivity index (χ1n) is 3.49. The molecule has 8 heteroatoms. The van der Waals surface area contributed by atoms with Gasteiger partial charge in [-0.15, -0.1) is 0 Å². The van der Waals surface area contributed by atoms with Gasteiger partial charge in [-0.25, -0.2) is 0 Å². The van der Waals surface area contributed by atoms with E-state index in [4.69, 9.17) is 21.5 Å². The molecule has 0 aliphatic carbocycles. The lowest BCUT2D eigenvalue weighted by molar-refractivity contribution is -0.00000725. The van der Waals surface area contributed by atoms with Crippen molar-refractivity contribution in [3.8, 4) is 0 Å². The third kappa shape index (κ3) is 3.14. The second kappa shape index (κ2) is 4.90. The molecule has 1 aromatic rings. The third-order valence-electron chi connectivity index (χ3n) is 1.63. The number of benzene rings is 1. The van der Waals surface area contributed by atoms with Crippen LogP contribution in [0.4, 0.5) is 5.69 Å². The molecule has 0 saturated carbocycles. The number of nitrogens with zero attached hydrogens (tertiary/aromatic N) is 2. The zero-order valence-electron chi connectivity index (χ0n) is 7.48. The van der Waals surface area contributed by atoms with E-state index in [9.17, 15) is 8.42 Å². The fraction of sp³-hybridized carbons (Fsp3) is 0.143. The van der Waals surface area contributed by atoms with Crippen molar-refractivity contribution < 1.29 is 30.0 Å². The van der Waals surface area contributed by atoms with Gasteiger partial charge in [-0.3, -0.25) is 4.55 Å². The molecular formula is C7H6BrClN2O3S. The number of rotatable bonds is 1. The highest BCUT2D eigenvalue weighted by atomic mass is 79.9. The van der Waals surface area contributed by atoms with Gasteiger partial charge in [-0.05, 0) is 18.6 Å². The predicted octanol–water partition coefficient (Wildman–Crippen LogP) is -0.616. The molecular weight excluding hydrogens is 308 g/mol. The first-order valence-corrected chi connectivity index (χ1v) is 5.31. The Morgan fingerprint density at radius 1 is 1.47 bits per heavy atom. The van der Waals surface area contributed by atoms with Crippen LogP contribution >= 0.6 is 11.6 Å². The van der Waals surface area contributed by atoms with Crippen LogP contribution in [0.5, 0.6) is 0 Å². The Bertz CT molecular complexity index is 524. The summed E-state index contributed by atoms with van der Waals surface area (Å²) in [6.45, 7) is 1.62. The van der Waals surface area contributed by atoms with Gasteiger partial charge >= 0.3 is 15.8 Å². The summed E-state index contributed by atoms with van der Waals surface area (Å²) < 4.78 is 30.4. The first-order chi connectivity index (χ1) is 6.36. The maximum Gasteiger partial charge on any atom is 0.406 e. The molecule has 1 rings (SSSR count). The van der Waals surface area contributed by atoms with Crippen LogP contribution in [0.15, 0.2) is 17.0 Å². The first kappa shape index (κ1) is 14.3. The molecule has 0 amide bonds. The monoisotopic (exact) mass is 312 g/mol. The van der Waals surface area contributed by atoms with Crippen LogP contribution in [-0.4, -0.2) is 13.0 Å². The van der Waals surface area contributed by atoms with E-state index in [-0.39, 0.29) is 27.7 Å². The molecule has 5 nitrogen and oxygen atoms in total. The summed E-state index contributed by atoms with van der Waals surface area (Å²) in [5.41, 5.74) is 0.307. The lowest BCUT2D eigenvalue weighted by Crippen LogP contribution is -3.00. The van der Waals surface area contributed by atoms with Gasteiger partial charge in [0.1, 0.15) is 0 Å². The minimum Gasteiger partial charge on any atom is -1.00 e. The minimum atomic E-state index is -4.42. The number of hydrogen-bond acceptors (Lipinski definition) is 3. The maximum atomic E-state index is 10.8. The highest BCUT2D eigenvalue weighted by Crippen LogP contribution is 2.30. The Hall–Kier alpha value is -0.680. The predicted molar refractivity (Wildman–Crippen MR) is 50.7 cm³/mol. The van der Waals surface area contributed by atoms with E-state index in [1.165, 1.54) is 6.07 Å². The summed E-state index contributed by atoms with van der Waals surface area (Å²) >= 11 is 5.65. The van der Waals surface area contributed by atoms with E-state index in [2.05, 4.69) is 4.98 Å². The van der Waals surface area contributed by atoms with Crippen LogP contribution in [-0.2, 0) is 10.1 Å². The SMILES string of the molecule is Cc1cc([N+]#N)c(S(=O)(=O)O)cc1Cl.[Br-]. The van der Waals surface area contributed by atoms with Gasteiger partial charge in [0.25, 0.3) is 0 Å². The molecule has 0 heterocycles. The highest BCUT2D eigenvalue weighted by molar-refractivity contribution is 7.86. The molecule has 0 bridgehead atoms. The largest absolute Gasteiger partial charge is 1.00 e. The van der Waals surface area contributed by atoms with E-state index in [0.29, 0.717) is 5.56 Å². The van der Waals surface area contributed by atoms with Crippen molar-refractivity contribution in [3.63, 3.8) is 0 Å². The zero-order chi connectivity index (χ0) is 10.9. The molecule has 1 aromatic carbocycles. The van der Waals surface area contributed by atoms with E-state index in [1.807, 2.05) is 0 Å². The summed E-state index contributed by atoms with van der Waals surface area (Å²) in [5, 5.41) is 8.67. The maximum absolute atomic E-state index is 10.8. The van der Waals surface area contributed by atoms with Gasteiger partial charge in [0.2, 0.25) is 5.39 Å². The fourth-order valence-electron chi connectivity index (χ4n) is 0.933. The van der Waals surface area contributed by atoms with Gasteiger partial charge in [-0.1, -0.05) is 11.6 Å². The van der Waals surface area contributed by atoms with Crippen LogP contribution in [0.2, 0.25) is 5.02 Å². The molecule has 0 fully saturated rings. The van der Waals surface area contributed by atoms with Gasteiger partial charge < -0.3 is 17.0 Å². The number of halogens is 2. The summed E-state index contributed by atoms with van der Waals surface area (Å²) in [6, 6.07) is 2.28. The van der Waals surface area contributed by atoms with Crippen molar-refractivity contribution in [3.05, 3.63) is 27.7 Å². The molecule has 0 aliphatic rings. The Labute approximate surface area is 102 Å². The molecule has 0 unspecified atom stereocenters. The molecule has 15 heavy (non-hydrogen) atoms. The van der Waals surface area contributed by atoms with Gasteiger partial charge in [0, 0.05) is 11.1 Å². The van der Waals surface area contributed by atoms with Crippen LogP contribution in [0.25, 0.3) is 4.98 Å². The topological polar surface area (TPSA) is 82.5 Å². The molecule has 0 radical (unpaired) electrons. The normalized spacial score (nSPS) is 10.3. The molecule has 0 saturated heterocycles. The molecule has 1 N–H and O–H groups in total. The van der Waals surface area contributed by atoms with Crippen molar-refractivity contribution in [1.82, 2.24) is 0 Å². The van der Waals surface area contributed by atoms with Crippen molar-refractivity contribution in [2.75, 3.05) is 0 Å². The number of diazo groups is 1. The van der Waals surface area contributed by atoms with Gasteiger partial charge in [0.15, 0.2) is 9.87 Å². The van der Waals surface area contributed by atoms with Crippen LogP contribution < -0.4 is 17.0 Å². The Kier molecular flexibility index (Phi) is 4.67. The molecule has 82 valence electrons. The van der Waals surface area contributed by atoms with Crippen LogP contribution in [0.3, 0.4) is 0 Å². The molecule has 0 aliphatic heterocycles. The summed E-state index contributed by atoms with van der Waals surface area (Å²) in [6.07, 6.45) is 0. The fourth-order valence-corrected chi connectivity index (χ4v) is 1.79. The average molecular weight is 314 g/mol. The van der Waals surface area contributed by atoms with Gasteiger partial charge in [-0.2, -0.15) is 8.42 Å².